The van der Waals surface area contributed by atoms with Crippen molar-refractivity contribution in [1.29, 1.82) is 0 Å². The molecule has 5 heteroatoms. The van der Waals surface area contributed by atoms with Crippen LogP contribution in [0, 0.1) is 0 Å². The topological polar surface area (TPSA) is 49.6 Å². The summed E-state index contributed by atoms with van der Waals surface area (Å²) < 4.78 is 1.06. The van der Waals surface area contributed by atoms with Crippen molar-refractivity contribution in [2.45, 2.75) is 31.8 Å². The molecule has 0 aliphatic carbocycles. The normalized spacial score (nSPS) is 20.2. The fourth-order valence-corrected chi connectivity index (χ4v) is 3.12. The number of benzene rings is 1. The van der Waals surface area contributed by atoms with Gasteiger partial charge in [-0.3, -0.25) is 9.69 Å². The maximum Gasteiger partial charge on any atom is 0.236 e. The molecule has 2 rings (SSSR count). The number of likely N-dealkylation sites (N-methyl/N-ethyl adjacent to an activating group) is 1. The molecule has 1 saturated heterocycles. The molecule has 1 aliphatic heterocycles. The van der Waals surface area contributed by atoms with E-state index in [1.54, 1.807) is 0 Å². The van der Waals surface area contributed by atoms with Gasteiger partial charge in [0.15, 0.2) is 0 Å². The molecule has 1 aliphatic rings. The quantitative estimate of drug-likeness (QED) is 0.903. The van der Waals surface area contributed by atoms with Crippen molar-refractivity contribution < 1.29 is 4.79 Å². The Morgan fingerprint density at radius 2 is 1.95 bits per heavy atom. The molecule has 0 spiro atoms. The highest BCUT2D eigenvalue weighted by Crippen LogP contribution is 2.27. The average molecular weight is 354 g/mol. The standard InChI is InChI=1S/C16H24BrN3O/c1-3-14(18)16(12-5-7-13(17)8-6-12)20-10-4-9-19(2)15(21)11-20/h5-8,14,16H,3-4,9-11,18H2,1-2H3. The predicted octanol–water partition coefficient (Wildman–Crippen LogP) is 2.39. The van der Waals surface area contributed by atoms with E-state index in [4.69, 9.17) is 5.73 Å². The van der Waals surface area contributed by atoms with Gasteiger partial charge in [0.2, 0.25) is 5.91 Å². The number of carbonyl (C=O) groups is 1. The number of hydrogen-bond donors (Lipinski definition) is 1. The number of amides is 1. The molecule has 0 radical (unpaired) electrons. The summed E-state index contributed by atoms with van der Waals surface area (Å²) in [5.74, 6) is 0.179. The Bertz CT molecular complexity index is 477. The Hall–Kier alpha value is -0.910. The van der Waals surface area contributed by atoms with E-state index in [1.165, 1.54) is 5.56 Å². The molecule has 1 aromatic carbocycles. The first-order chi connectivity index (χ1) is 10.0. The van der Waals surface area contributed by atoms with Gasteiger partial charge in [-0.15, -0.1) is 0 Å². The molecule has 1 aromatic rings. The van der Waals surface area contributed by atoms with Gasteiger partial charge in [0.25, 0.3) is 0 Å². The minimum absolute atomic E-state index is 0.0300. The first-order valence-electron chi connectivity index (χ1n) is 7.52. The number of nitrogens with two attached hydrogens (primary N) is 1. The summed E-state index contributed by atoms with van der Waals surface area (Å²) in [4.78, 5) is 16.2. The van der Waals surface area contributed by atoms with Crippen molar-refractivity contribution in [2.75, 3.05) is 26.7 Å². The molecule has 2 N–H and O–H groups in total. The van der Waals surface area contributed by atoms with Gasteiger partial charge in [-0.05, 0) is 30.5 Å². The number of hydrogen-bond acceptors (Lipinski definition) is 3. The van der Waals surface area contributed by atoms with Crippen molar-refractivity contribution in [1.82, 2.24) is 9.80 Å². The second kappa shape index (κ2) is 7.38. The molecular formula is C16H24BrN3O. The van der Waals surface area contributed by atoms with Crippen LogP contribution in [0.25, 0.3) is 0 Å². The monoisotopic (exact) mass is 353 g/mol. The first-order valence-corrected chi connectivity index (χ1v) is 8.31. The van der Waals surface area contributed by atoms with Crippen LogP contribution in [0.4, 0.5) is 0 Å². The van der Waals surface area contributed by atoms with Crippen LogP contribution in [0.3, 0.4) is 0 Å². The molecule has 2 unspecified atom stereocenters. The average Bonchev–Trinajstić information content (AvgIpc) is 2.63. The smallest absolute Gasteiger partial charge is 0.236 e. The van der Waals surface area contributed by atoms with Crippen molar-refractivity contribution in [3.8, 4) is 0 Å². The summed E-state index contributed by atoms with van der Waals surface area (Å²) >= 11 is 3.47. The van der Waals surface area contributed by atoms with E-state index in [1.807, 2.05) is 24.1 Å². The van der Waals surface area contributed by atoms with E-state index in [9.17, 15) is 4.79 Å². The lowest BCUT2D eigenvalue weighted by atomic mass is 9.96. The van der Waals surface area contributed by atoms with Gasteiger partial charge in [-0.1, -0.05) is 35.0 Å². The molecule has 1 fully saturated rings. The van der Waals surface area contributed by atoms with Crippen molar-refractivity contribution in [3.63, 3.8) is 0 Å². The Morgan fingerprint density at radius 1 is 1.29 bits per heavy atom. The van der Waals surface area contributed by atoms with E-state index in [2.05, 4.69) is 39.9 Å². The lowest BCUT2D eigenvalue weighted by Gasteiger charge is -2.34. The van der Waals surface area contributed by atoms with Gasteiger partial charge in [0, 0.05) is 30.7 Å². The predicted molar refractivity (Wildman–Crippen MR) is 89.0 cm³/mol. The van der Waals surface area contributed by atoms with Gasteiger partial charge in [0.05, 0.1) is 12.6 Å². The van der Waals surface area contributed by atoms with E-state index in [-0.39, 0.29) is 18.0 Å². The molecule has 4 nitrogen and oxygen atoms in total. The number of halogens is 1. The minimum atomic E-state index is 0.0300. The SMILES string of the molecule is CCC(N)C(c1ccc(Br)cc1)N1CCCN(C)C(=O)C1. The summed E-state index contributed by atoms with van der Waals surface area (Å²) in [5.41, 5.74) is 7.56. The molecule has 21 heavy (non-hydrogen) atoms. The Kier molecular flexibility index (Phi) is 5.79. The Morgan fingerprint density at radius 3 is 2.57 bits per heavy atom. The zero-order valence-electron chi connectivity index (χ0n) is 12.8. The molecular weight excluding hydrogens is 330 g/mol. The Balaban J connectivity index is 2.27. The lowest BCUT2D eigenvalue weighted by molar-refractivity contribution is -0.130. The van der Waals surface area contributed by atoms with Crippen LogP contribution in [0.15, 0.2) is 28.7 Å². The van der Waals surface area contributed by atoms with Crippen LogP contribution in [-0.2, 0) is 4.79 Å². The second-order valence-corrected chi connectivity index (χ2v) is 6.62. The second-order valence-electron chi connectivity index (χ2n) is 5.71. The summed E-state index contributed by atoms with van der Waals surface area (Å²) in [6.07, 6.45) is 1.88. The fraction of sp³-hybridized carbons (Fsp3) is 0.562. The lowest BCUT2D eigenvalue weighted by Crippen LogP contribution is -2.44. The third-order valence-corrected chi connectivity index (χ3v) is 4.71. The van der Waals surface area contributed by atoms with Crippen LogP contribution < -0.4 is 5.73 Å². The van der Waals surface area contributed by atoms with Gasteiger partial charge in [-0.2, -0.15) is 0 Å². The summed E-state index contributed by atoms with van der Waals surface area (Å²) in [6, 6.07) is 8.40. The van der Waals surface area contributed by atoms with E-state index >= 15 is 0 Å². The largest absolute Gasteiger partial charge is 0.345 e. The van der Waals surface area contributed by atoms with Crippen LogP contribution in [0.1, 0.15) is 31.4 Å². The summed E-state index contributed by atoms with van der Waals surface area (Å²) in [5, 5.41) is 0. The molecule has 1 heterocycles. The molecule has 0 saturated carbocycles. The Labute approximate surface area is 135 Å². The third kappa shape index (κ3) is 4.05. The molecule has 0 bridgehead atoms. The van der Waals surface area contributed by atoms with Crippen molar-refractivity contribution in [2.24, 2.45) is 5.73 Å². The van der Waals surface area contributed by atoms with Gasteiger partial charge >= 0.3 is 0 Å². The van der Waals surface area contributed by atoms with E-state index in [0.29, 0.717) is 6.54 Å². The van der Waals surface area contributed by atoms with Crippen LogP contribution in [0.5, 0.6) is 0 Å². The van der Waals surface area contributed by atoms with Crippen molar-refractivity contribution >= 4 is 21.8 Å². The first kappa shape index (κ1) is 16.5. The molecule has 116 valence electrons. The highest BCUT2D eigenvalue weighted by atomic mass is 79.9. The number of rotatable bonds is 4. The molecule has 2 atom stereocenters. The molecule has 1 amide bonds. The number of carbonyl (C=O) groups excluding carboxylic acids is 1. The highest BCUT2D eigenvalue weighted by molar-refractivity contribution is 9.10. The van der Waals surface area contributed by atoms with E-state index < -0.39 is 0 Å². The maximum absolute atomic E-state index is 12.2. The minimum Gasteiger partial charge on any atom is -0.345 e. The fourth-order valence-electron chi connectivity index (χ4n) is 2.86. The van der Waals surface area contributed by atoms with Crippen LogP contribution >= 0.6 is 15.9 Å². The van der Waals surface area contributed by atoms with Gasteiger partial charge in [-0.25, -0.2) is 0 Å². The highest BCUT2D eigenvalue weighted by Gasteiger charge is 2.29. The maximum atomic E-state index is 12.2. The summed E-state index contributed by atoms with van der Waals surface area (Å²) in [6.45, 7) is 4.28. The van der Waals surface area contributed by atoms with Gasteiger partial charge < -0.3 is 10.6 Å². The zero-order valence-corrected chi connectivity index (χ0v) is 14.3. The molecule has 0 aromatic heterocycles. The zero-order chi connectivity index (χ0) is 15.4. The van der Waals surface area contributed by atoms with Crippen LogP contribution in [0.2, 0.25) is 0 Å². The van der Waals surface area contributed by atoms with Crippen LogP contribution in [-0.4, -0.2) is 48.4 Å². The van der Waals surface area contributed by atoms with Gasteiger partial charge in [0.1, 0.15) is 0 Å². The van der Waals surface area contributed by atoms with Crippen molar-refractivity contribution in [3.05, 3.63) is 34.3 Å². The summed E-state index contributed by atoms with van der Waals surface area (Å²) in [7, 11) is 1.88. The number of nitrogens with zero attached hydrogens (tertiary/aromatic N) is 2. The van der Waals surface area contributed by atoms with E-state index in [0.717, 1.165) is 30.4 Å². The third-order valence-electron chi connectivity index (χ3n) is 4.18.